The van der Waals surface area contributed by atoms with Crippen LogP contribution in [0, 0.1) is 0 Å². The van der Waals surface area contributed by atoms with Gasteiger partial charge in [-0.3, -0.25) is 0 Å². The lowest BCUT2D eigenvalue weighted by Gasteiger charge is -2.10. The van der Waals surface area contributed by atoms with Crippen molar-refractivity contribution < 1.29 is 19.0 Å². The van der Waals surface area contributed by atoms with E-state index in [4.69, 9.17) is 21.1 Å². The number of aromatic nitrogens is 1. The van der Waals surface area contributed by atoms with E-state index in [1.54, 1.807) is 11.4 Å². The van der Waals surface area contributed by atoms with Crippen molar-refractivity contribution >= 4 is 28.9 Å². The number of ether oxygens (including phenoxy) is 3. The van der Waals surface area contributed by atoms with Crippen LogP contribution in [0.3, 0.4) is 0 Å². The number of hydrogen-bond donors (Lipinski definition) is 0. The summed E-state index contributed by atoms with van der Waals surface area (Å²) in [5.41, 5.74) is 1.06. The molecule has 0 fully saturated rings. The number of fused-ring (bicyclic) bond motifs is 1. The number of nitrogens with zero attached hydrogens (tertiary/aromatic N) is 1. The maximum absolute atomic E-state index is 11.5. The summed E-state index contributed by atoms with van der Waals surface area (Å²) in [4.78, 5) is 15.7. The molecule has 2 heterocycles. The topological polar surface area (TPSA) is 57.7 Å². The first-order valence-corrected chi connectivity index (χ1v) is 7.58. The largest absolute Gasteiger partial charge is 0.489 e. The SMILES string of the molecule is COC(=O)c1csc(-c2cc(Cl)c3c(c2)OCCCO3)n1. The van der Waals surface area contributed by atoms with E-state index in [9.17, 15) is 4.79 Å². The van der Waals surface area contributed by atoms with Gasteiger partial charge in [0.1, 0.15) is 5.01 Å². The second-order valence-corrected chi connectivity index (χ2v) is 5.63. The number of esters is 1. The second kappa shape index (κ2) is 5.91. The number of halogens is 1. The van der Waals surface area contributed by atoms with E-state index in [2.05, 4.69) is 9.72 Å². The first-order chi connectivity index (χ1) is 10.2. The lowest BCUT2D eigenvalue weighted by Crippen LogP contribution is -2.01. The third-order valence-corrected chi connectivity index (χ3v) is 4.12. The lowest BCUT2D eigenvalue weighted by atomic mass is 10.2. The summed E-state index contributed by atoms with van der Waals surface area (Å²) in [7, 11) is 1.33. The minimum absolute atomic E-state index is 0.278. The monoisotopic (exact) mass is 325 g/mol. The van der Waals surface area contributed by atoms with Crippen LogP contribution in [-0.2, 0) is 4.74 Å². The Labute approximate surface area is 130 Å². The molecule has 0 N–H and O–H groups in total. The van der Waals surface area contributed by atoms with Gasteiger partial charge in [0.25, 0.3) is 0 Å². The van der Waals surface area contributed by atoms with Gasteiger partial charge in [-0.15, -0.1) is 11.3 Å². The number of methoxy groups -OCH3 is 1. The van der Waals surface area contributed by atoms with Crippen LogP contribution in [-0.4, -0.2) is 31.3 Å². The Kier molecular flexibility index (Phi) is 3.98. The molecule has 3 rings (SSSR count). The number of hydrogen-bond acceptors (Lipinski definition) is 6. The summed E-state index contributed by atoms with van der Waals surface area (Å²) in [6.07, 6.45) is 0.810. The first-order valence-electron chi connectivity index (χ1n) is 6.32. The van der Waals surface area contributed by atoms with Gasteiger partial charge in [0.2, 0.25) is 0 Å². The highest BCUT2D eigenvalue weighted by Gasteiger charge is 2.18. The number of rotatable bonds is 2. The van der Waals surface area contributed by atoms with E-state index in [-0.39, 0.29) is 5.69 Å². The molecule has 1 aromatic carbocycles. The van der Waals surface area contributed by atoms with Gasteiger partial charge in [-0.2, -0.15) is 0 Å². The van der Waals surface area contributed by atoms with Crippen molar-refractivity contribution in [1.82, 2.24) is 4.98 Å². The van der Waals surface area contributed by atoms with Crippen molar-refractivity contribution in [1.29, 1.82) is 0 Å². The molecule has 21 heavy (non-hydrogen) atoms. The zero-order valence-corrected chi connectivity index (χ0v) is 12.8. The van der Waals surface area contributed by atoms with Crippen molar-refractivity contribution in [2.24, 2.45) is 0 Å². The molecule has 7 heteroatoms. The number of carbonyl (C=O) groups excluding carboxylic acids is 1. The molecule has 2 aromatic rings. The molecular formula is C14H12ClNO4S. The maximum Gasteiger partial charge on any atom is 0.357 e. The highest BCUT2D eigenvalue weighted by Crippen LogP contribution is 2.41. The van der Waals surface area contributed by atoms with E-state index in [0.29, 0.717) is 34.7 Å². The Morgan fingerprint density at radius 3 is 3.00 bits per heavy atom. The van der Waals surface area contributed by atoms with Gasteiger partial charge in [0, 0.05) is 17.4 Å². The van der Waals surface area contributed by atoms with Gasteiger partial charge < -0.3 is 14.2 Å². The smallest absolute Gasteiger partial charge is 0.357 e. The Morgan fingerprint density at radius 1 is 1.38 bits per heavy atom. The lowest BCUT2D eigenvalue weighted by molar-refractivity contribution is 0.0595. The van der Waals surface area contributed by atoms with Crippen LogP contribution in [0.4, 0.5) is 0 Å². The molecule has 0 bridgehead atoms. The van der Waals surface area contributed by atoms with Gasteiger partial charge in [0.15, 0.2) is 17.2 Å². The molecule has 0 amide bonds. The molecule has 0 radical (unpaired) electrons. The Hall–Kier alpha value is -1.79. The molecular weight excluding hydrogens is 314 g/mol. The molecule has 0 saturated heterocycles. The molecule has 0 unspecified atom stereocenters. The van der Waals surface area contributed by atoms with Crippen molar-refractivity contribution in [3.63, 3.8) is 0 Å². The van der Waals surface area contributed by atoms with Crippen LogP contribution >= 0.6 is 22.9 Å². The van der Waals surface area contributed by atoms with Crippen LogP contribution in [0.1, 0.15) is 16.9 Å². The standard InChI is InChI=1S/C14H12ClNO4S/c1-18-14(17)10-7-21-13(16-10)8-5-9(15)12-11(6-8)19-3-2-4-20-12/h5-7H,2-4H2,1H3. The minimum atomic E-state index is -0.460. The van der Waals surface area contributed by atoms with Crippen molar-refractivity contribution in [2.45, 2.75) is 6.42 Å². The van der Waals surface area contributed by atoms with Crippen LogP contribution in [0.15, 0.2) is 17.5 Å². The quantitative estimate of drug-likeness (QED) is 0.792. The molecule has 0 saturated carbocycles. The number of thiazole rings is 1. The maximum atomic E-state index is 11.5. The molecule has 0 atom stereocenters. The number of carbonyl (C=O) groups is 1. The summed E-state index contributed by atoms with van der Waals surface area (Å²) in [6, 6.07) is 3.58. The molecule has 0 spiro atoms. The molecule has 5 nitrogen and oxygen atoms in total. The first kappa shape index (κ1) is 14.2. The molecule has 1 aromatic heterocycles. The highest BCUT2D eigenvalue weighted by molar-refractivity contribution is 7.13. The van der Waals surface area contributed by atoms with E-state index in [1.165, 1.54) is 18.4 Å². The van der Waals surface area contributed by atoms with Gasteiger partial charge in [-0.25, -0.2) is 9.78 Å². The number of benzene rings is 1. The summed E-state index contributed by atoms with van der Waals surface area (Å²) in [6.45, 7) is 1.16. The van der Waals surface area contributed by atoms with Gasteiger partial charge in [0.05, 0.1) is 25.3 Å². The predicted octanol–water partition coefficient (Wildman–Crippen LogP) is 3.41. The van der Waals surface area contributed by atoms with Gasteiger partial charge in [-0.05, 0) is 12.1 Å². The summed E-state index contributed by atoms with van der Waals surface area (Å²) in [5.74, 6) is 0.699. The van der Waals surface area contributed by atoms with Gasteiger partial charge >= 0.3 is 5.97 Å². The molecule has 1 aliphatic heterocycles. The summed E-state index contributed by atoms with van der Waals surface area (Å²) < 4.78 is 15.9. The third kappa shape index (κ3) is 2.82. The third-order valence-electron chi connectivity index (χ3n) is 2.95. The van der Waals surface area contributed by atoms with Crippen molar-refractivity contribution in [3.8, 4) is 22.1 Å². The minimum Gasteiger partial charge on any atom is -0.489 e. The Balaban J connectivity index is 1.99. The molecule has 110 valence electrons. The average molecular weight is 326 g/mol. The molecule has 0 aliphatic carbocycles. The zero-order valence-electron chi connectivity index (χ0n) is 11.2. The fourth-order valence-corrected chi connectivity index (χ4v) is 3.00. The van der Waals surface area contributed by atoms with E-state index < -0.39 is 5.97 Å². The van der Waals surface area contributed by atoms with Crippen LogP contribution in [0.25, 0.3) is 10.6 Å². The summed E-state index contributed by atoms with van der Waals surface area (Å²) >= 11 is 7.59. The van der Waals surface area contributed by atoms with Gasteiger partial charge in [-0.1, -0.05) is 11.6 Å². The van der Waals surface area contributed by atoms with Crippen LogP contribution < -0.4 is 9.47 Å². The van der Waals surface area contributed by atoms with Crippen LogP contribution in [0.5, 0.6) is 11.5 Å². The van der Waals surface area contributed by atoms with E-state index in [1.807, 2.05) is 6.07 Å². The van der Waals surface area contributed by atoms with E-state index >= 15 is 0 Å². The molecule has 1 aliphatic rings. The highest BCUT2D eigenvalue weighted by atomic mass is 35.5. The normalized spacial score (nSPS) is 13.6. The fourth-order valence-electron chi connectivity index (χ4n) is 1.96. The van der Waals surface area contributed by atoms with Crippen LogP contribution in [0.2, 0.25) is 5.02 Å². The Bertz CT molecular complexity index is 686. The van der Waals surface area contributed by atoms with Crippen molar-refractivity contribution in [3.05, 3.63) is 28.2 Å². The average Bonchev–Trinajstić information content (AvgIpc) is 2.86. The van der Waals surface area contributed by atoms with Crippen molar-refractivity contribution in [2.75, 3.05) is 20.3 Å². The van der Waals surface area contributed by atoms with E-state index in [0.717, 1.165) is 12.0 Å². The zero-order chi connectivity index (χ0) is 14.8. The summed E-state index contributed by atoms with van der Waals surface area (Å²) in [5, 5.41) is 2.80. The Morgan fingerprint density at radius 2 is 2.19 bits per heavy atom. The second-order valence-electron chi connectivity index (χ2n) is 4.37. The fraction of sp³-hybridized carbons (Fsp3) is 0.286. The predicted molar refractivity (Wildman–Crippen MR) is 79.5 cm³/mol.